The van der Waals surface area contributed by atoms with Crippen LogP contribution in [0.25, 0.3) is 22.5 Å². The van der Waals surface area contributed by atoms with Crippen LogP contribution in [0.5, 0.6) is 51.7 Å². The van der Waals surface area contributed by atoms with Crippen molar-refractivity contribution >= 4 is 29.0 Å². The number of methoxy groups -OCH3 is 3. The van der Waals surface area contributed by atoms with E-state index in [1.807, 2.05) is 27.7 Å². The fourth-order valence-corrected chi connectivity index (χ4v) is 13.6. The lowest BCUT2D eigenvalue weighted by Gasteiger charge is -2.36. The van der Waals surface area contributed by atoms with Crippen molar-refractivity contribution in [3.63, 3.8) is 0 Å². The van der Waals surface area contributed by atoms with Gasteiger partial charge in [0, 0.05) is 75.7 Å². The summed E-state index contributed by atoms with van der Waals surface area (Å²) in [6, 6.07) is 25.8. The first-order valence-corrected chi connectivity index (χ1v) is 38.4. The second kappa shape index (κ2) is 37.6. The molecule has 34 heteroatoms. The number of halogens is 12. The standard InChI is InChI=1S/C31H33F4NO6.C30H32F4N2O6.C25H29ClF3NO6/c1-18(37)17-42-24-10-7-20(15-25(24)40-4)23(38)11-12-30(39,31(33,34)35)26-16-22-28(41-14-13-29(22,2)3)27(36-26)19-5-8-21(32)9-6-19;1-17(37)16-42-23-9-6-19(14-24(23)40-3)22(38)10-11-29(39,30(32,33)34)25-15-21-27(41-13-12-28(21,2)35)26(36-25)18-4-7-20(31)8-5-18;1-14(31)13-36-18-6-5-15(11-19(18)34-4)17(32)7-8-24(33,25(27,28)29)20-12-16-21(22(26)30-20)35-10-9-23(16,2)3/h5-10,15-16,18,37,39H,11-14,17H2,1-4H3;4-9,14-15,17,37,39H,10-13,16,35H2,1-3H3;5-6,11-12,14,31,33H,7-10,13H2,1-4H3/t18-,30?;17-,28?,29?;14-,24?/m111/s1. The number of Topliss-reactive ketones (excluding diaryl/α,β-unsaturated/α-hetero) is 3. The summed E-state index contributed by atoms with van der Waals surface area (Å²) in [5, 5.41) is 61.3. The predicted molar refractivity (Wildman–Crippen MR) is 417 cm³/mol. The molecule has 8 N–H and O–H groups in total. The highest BCUT2D eigenvalue weighted by molar-refractivity contribution is 6.31. The van der Waals surface area contributed by atoms with Crippen LogP contribution in [-0.2, 0) is 33.2 Å². The van der Waals surface area contributed by atoms with Crippen molar-refractivity contribution in [2.24, 2.45) is 5.73 Å². The summed E-state index contributed by atoms with van der Waals surface area (Å²) in [7, 11) is 4.02. The number of benzene rings is 5. The molecule has 0 spiro atoms. The summed E-state index contributed by atoms with van der Waals surface area (Å²) in [6.45, 7) is 14.3. The molecule has 3 aliphatic heterocycles. The number of aliphatic hydroxyl groups excluding tert-OH is 3. The number of aromatic nitrogens is 3. The number of ether oxygens (including phenoxy) is 9. The molecule has 0 saturated carbocycles. The summed E-state index contributed by atoms with van der Waals surface area (Å²) in [5.74, 6) is -1.25. The number of rotatable bonds is 29. The number of ketones is 3. The van der Waals surface area contributed by atoms with E-state index < -0.39 is 155 Å². The lowest BCUT2D eigenvalue weighted by Crippen LogP contribution is -2.45. The number of hydrogen-bond acceptors (Lipinski definition) is 22. The number of hydrogen-bond donors (Lipinski definition) is 7. The average Bonchev–Trinajstić information content (AvgIpc) is 0.761. The SMILES string of the molecule is COc1cc(C(=O)CCC(O)(c2cc3c(c(-c4ccc(F)cc4)n2)OCCC3(C)C)C(F)(F)F)ccc1OC[C@@H](C)O.COc1cc(C(=O)CCC(O)(c2cc3c(c(-c4ccc(F)cc4)n2)OCCC3(C)N)C(F)(F)F)ccc1OC[C@@H](C)O.COc1cc(C(=O)CCC(O)(c2cc3c(c(Cl)n2)OCCC3(C)C)C(F)(F)F)ccc1OC[C@@H](C)O. The lowest BCUT2D eigenvalue weighted by atomic mass is 9.77. The number of nitrogens with two attached hydrogens (primary N) is 1. The first-order chi connectivity index (χ1) is 56.0. The first kappa shape index (κ1) is 93.9. The van der Waals surface area contributed by atoms with Crippen molar-refractivity contribution in [1.82, 2.24) is 15.0 Å². The lowest BCUT2D eigenvalue weighted by molar-refractivity contribution is -0.270. The van der Waals surface area contributed by atoms with Crippen molar-refractivity contribution < 1.29 is 136 Å². The van der Waals surface area contributed by atoms with Crippen molar-refractivity contribution in [3.8, 4) is 74.3 Å². The van der Waals surface area contributed by atoms with E-state index >= 15 is 0 Å². The summed E-state index contributed by atoms with van der Waals surface area (Å²) in [5.41, 5.74) is -6.63. The highest BCUT2D eigenvalue weighted by Crippen LogP contribution is 2.53. The quantitative estimate of drug-likeness (QED) is 0.0130. The van der Waals surface area contributed by atoms with Crippen LogP contribution in [0.15, 0.2) is 121 Å². The van der Waals surface area contributed by atoms with Gasteiger partial charge >= 0.3 is 18.5 Å². The van der Waals surface area contributed by atoms with Gasteiger partial charge in [0.05, 0.1) is 76.5 Å². The number of pyridine rings is 3. The zero-order valence-corrected chi connectivity index (χ0v) is 68.2. The predicted octanol–water partition coefficient (Wildman–Crippen LogP) is 16.1. The van der Waals surface area contributed by atoms with E-state index in [9.17, 15) is 93.3 Å². The third kappa shape index (κ3) is 21.5. The normalized spacial score (nSPS) is 17.6. The van der Waals surface area contributed by atoms with Gasteiger partial charge in [-0.15, -0.1) is 0 Å². The molecule has 11 rings (SSSR count). The van der Waals surface area contributed by atoms with Gasteiger partial charge in [-0.25, -0.2) is 23.7 Å². The van der Waals surface area contributed by atoms with Gasteiger partial charge in [-0.3, -0.25) is 14.4 Å². The summed E-state index contributed by atoms with van der Waals surface area (Å²) in [4.78, 5) is 51.1. The fourth-order valence-electron chi connectivity index (χ4n) is 13.3. The molecule has 0 bridgehead atoms. The van der Waals surface area contributed by atoms with E-state index in [0.717, 1.165) is 36.4 Å². The van der Waals surface area contributed by atoms with E-state index in [-0.39, 0.29) is 129 Å². The van der Waals surface area contributed by atoms with Crippen LogP contribution in [0, 0.1) is 11.6 Å². The fraction of sp³-hybridized carbons (Fsp3) is 0.442. The Morgan fingerprint density at radius 1 is 0.442 bits per heavy atom. The minimum absolute atomic E-state index is 0.0134. The zero-order chi connectivity index (χ0) is 88.6. The number of nitrogens with zero attached hydrogens (tertiary/aromatic N) is 3. The van der Waals surface area contributed by atoms with Gasteiger partial charge in [0.25, 0.3) is 0 Å². The molecule has 5 aromatic carbocycles. The molecule has 120 heavy (non-hydrogen) atoms. The minimum atomic E-state index is -5.23. The van der Waals surface area contributed by atoms with Crippen molar-refractivity contribution in [2.45, 2.75) is 183 Å². The van der Waals surface area contributed by atoms with Crippen molar-refractivity contribution in [2.75, 3.05) is 61.0 Å². The Balaban J connectivity index is 0.000000206. The number of carbonyl (C=O) groups is 3. The highest BCUT2D eigenvalue weighted by atomic mass is 35.5. The maximum Gasteiger partial charge on any atom is 0.422 e. The Hall–Kier alpha value is -10.0. The number of carbonyl (C=O) groups excluding carboxylic acids is 3. The van der Waals surface area contributed by atoms with Crippen molar-refractivity contribution in [3.05, 3.63) is 189 Å². The maximum absolute atomic E-state index is 14.6. The van der Waals surface area contributed by atoms with E-state index in [2.05, 4.69) is 15.0 Å². The molecule has 650 valence electrons. The largest absolute Gasteiger partial charge is 0.493 e. The van der Waals surface area contributed by atoms with E-state index in [1.165, 1.54) is 127 Å². The van der Waals surface area contributed by atoms with Crippen LogP contribution in [-0.4, -0.2) is 161 Å². The van der Waals surface area contributed by atoms with Crippen molar-refractivity contribution in [1.29, 1.82) is 0 Å². The van der Waals surface area contributed by atoms with E-state index in [1.54, 1.807) is 6.92 Å². The second-order valence-electron chi connectivity index (χ2n) is 31.1. The smallest absolute Gasteiger partial charge is 0.422 e. The van der Waals surface area contributed by atoms with Gasteiger partial charge in [0.2, 0.25) is 16.8 Å². The topological polar surface area (TPSA) is 320 Å². The molecule has 0 saturated heterocycles. The molecular formula is C86H94ClF11N4O18. The molecular weight excluding hydrogens is 1620 g/mol. The van der Waals surface area contributed by atoms with Gasteiger partial charge in [-0.1, -0.05) is 39.3 Å². The summed E-state index contributed by atoms with van der Waals surface area (Å²) in [6.07, 6.45) is -21.5. The van der Waals surface area contributed by atoms with Crippen LogP contribution in [0.2, 0.25) is 5.15 Å². The Labute approximate surface area is 689 Å². The highest BCUT2D eigenvalue weighted by Gasteiger charge is 2.59. The van der Waals surface area contributed by atoms with Gasteiger partial charge in [0.1, 0.15) is 48.6 Å². The molecule has 8 aromatic rings. The van der Waals surface area contributed by atoms with Gasteiger partial charge in [-0.05, 0) is 192 Å². The average molecular weight is 1720 g/mol. The van der Waals surface area contributed by atoms with Crippen LogP contribution in [0.1, 0.15) is 178 Å². The van der Waals surface area contributed by atoms with Gasteiger partial charge in [-0.2, -0.15) is 39.5 Å². The molecule has 0 aliphatic carbocycles. The van der Waals surface area contributed by atoms with Crippen LogP contribution in [0.4, 0.5) is 48.3 Å². The summed E-state index contributed by atoms with van der Waals surface area (Å²) >= 11 is 6.16. The minimum Gasteiger partial charge on any atom is -0.493 e. The molecule has 3 aromatic heterocycles. The number of aliphatic hydroxyl groups is 6. The van der Waals surface area contributed by atoms with Crippen LogP contribution < -0.4 is 48.4 Å². The molecule has 22 nitrogen and oxygen atoms in total. The second-order valence-corrected chi connectivity index (χ2v) is 31.4. The third-order valence-corrected chi connectivity index (χ3v) is 21.0. The maximum atomic E-state index is 14.6. The molecule has 6 heterocycles. The zero-order valence-electron chi connectivity index (χ0n) is 67.4. The van der Waals surface area contributed by atoms with Crippen LogP contribution >= 0.6 is 11.6 Å². The first-order valence-electron chi connectivity index (χ1n) is 38.0. The molecule has 0 amide bonds. The van der Waals surface area contributed by atoms with Gasteiger partial charge < -0.3 is 79.0 Å². The third-order valence-electron chi connectivity index (χ3n) is 20.7. The van der Waals surface area contributed by atoms with Crippen LogP contribution in [0.3, 0.4) is 0 Å². The number of fused-ring (bicyclic) bond motifs is 3. The monoisotopic (exact) mass is 1710 g/mol. The summed E-state index contributed by atoms with van der Waals surface area (Å²) < 4.78 is 207. The Bertz CT molecular complexity index is 4750. The van der Waals surface area contributed by atoms with E-state index in [0.29, 0.717) is 42.7 Å². The van der Waals surface area contributed by atoms with Gasteiger partial charge in [0.15, 0.2) is 68.5 Å². The molecule has 0 radical (unpaired) electrons. The molecule has 0 fully saturated rings. The Morgan fingerprint density at radius 3 is 1.05 bits per heavy atom. The number of alkyl halides is 9. The Morgan fingerprint density at radius 2 is 0.733 bits per heavy atom. The van der Waals surface area contributed by atoms with E-state index in [4.69, 9.17) is 60.0 Å². The molecule has 7 atom stereocenters. The molecule has 4 unspecified atom stereocenters. The molecule has 3 aliphatic rings. The Kier molecular flexibility index (Phi) is 29.4.